The lowest BCUT2D eigenvalue weighted by atomic mass is 10.1. The molecule has 2 rings (SSSR count). The summed E-state index contributed by atoms with van der Waals surface area (Å²) in [6.45, 7) is 3.96. The summed E-state index contributed by atoms with van der Waals surface area (Å²) in [6.07, 6.45) is 7.42. The van der Waals surface area contributed by atoms with E-state index in [-0.39, 0.29) is 5.56 Å². The first-order valence-corrected chi connectivity index (χ1v) is 7.01. The molecule has 1 heterocycles. The van der Waals surface area contributed by atoms with Gasteiger partial charge in [-0.25, -0.2) is 0 Å². The summed E-state index contributed by atoms with van der Waals surface area (Å²) in [7, 11) is 0. The zero-order valence-corrected chi connectivity index (χ0v) is 12.6. The molecule has 22 heavy (non-hydrogen) atoms. The largest absolute Gasteiger partial charge is 0.328 e. The minimum Gasteiger partial charge on any atom is -0.328 e. The summed E-state index contributed by atoms with van der Waals surface area (Å²) in [5, 5.41) is 2.75. The number of benzene rings is 1. The van der Waals surface area contributed by atoms with Crippen molar-refractivity contribution in [1.29, 1.82) is 0 Å². The van der Waals surface area contributed by atoms with Crippen molar-refractivity contribution in [3.63, 3.8) is 0 Å². The number of rotatable bonds is 4. The molecule has 0 spiro atoms. The van der Waals surface area contributed by atoms with Crippen LogP contribution in [0, 0.1) is 0 Å². The third kappa shape index (κ3) is 3.82. The molecule has 112 valence electrons. The van der Waals surface area contributed by atoms with Gasteiger partial charge in [0.1, 0.15) is 5.56 Å². The number of H-pyrrole nitrogens is 1. The maximum absolute atomic E-state index is 12.1. The second-order valence-corrected chi connectivity index (χ2v) is 4.82. The summed E-state index contributed by atoms with van der Waals surface area (Å²) in [5.41, 5.74) is 2.44. The maximum Gasteiger partial charge on any atom is 0.261 e. The number of aromatic nitrogens is 1. The highest BCUT2D eigenvalue weighted by atomic mass is 16.2. The first-order chi connectivity index (χ1) is 10.6. The Hall–Kier alpha value is -2.88. The molecule has 0 radical (unpaired) electrons. The van der Waals surface area contributed by atoms with Crippen molar-refractivity contribution >= 4 is 17.2 Å². The SMILES string of the molecule is C/C=C\C=C(/C)c1cccc(NC(=O)c2ccc[nH]c2=O)c1. The van der Waals surface area contributed by atoms with E-state index in [2.05, 4.69) is 10.3 Å². The molecule has 2 aromatic rings. The van der Waals surface area contributed by atoms with Gasteiger partial charge in [0, 0.05) is 11.9 Å². The van der Waals surface area contributed by atoms with Gasteiger partial charge in [0.25, 0.3) is 11.5 Å². The van der Waals surface area contributed by atoms with Crippen LogP contribution < -0.4 is 10.9 Å². The number of allylic oxidation sites excluding steroid dienone is 4. The predicted molar refractivity (Wildman–Crippen MR) is 89.9 cm³/mol. The number of nitrogens with one attached hydrogen (secondary N) is 2. The third-order valence-electron chi connectivity index (χ3n) is 3.18. The van der Waals surface area contributed by atoms with Crippen molar-refractivity contribution < 1.29 is 4.79 Å². The van der Waals surface area contributed by atoms with E-state index in [0.29, 0.717) is 5.69 Å². The van der Waals surface area contributed by atoms with Crippen LogP contribution >= 0.6 is 0 Å². The van der Waals surface area contributed by atoms with Crippen molar-refractivity contribution in [3.05, 3.63) is 82.3 Å². The van der Waals surface area contributed by atoms with Crippen LogP contribution in [0.1, 0.15) is 29.8 Å². The van der Waals surface area contributed by atoms with Crippen LogP contribution in [0.15, 0.2) is 65.6 Å². The van der Waals surface area contributed by atoms with Gasteiger partial charge in [-0.2, -0.15) is 0 Å². The highest BCUT2D eigenvalue weighted by Crippen LogP contribution is 2.18. The lowest BCUT2D eigenvalue weighted by Crippen LogP contribution is -2.22. The molecule has 4 heteroatoms. The fourth-order valence-corrected chi connectivity index (χ4v) is 1.98. The number of carbonyl (C=O) groups is 1. The van der Waals surface area contributed by atoms with E-state index in [1.807, 2.05) is 50.3 Å². The van der Waals surface area contributed by atoms with Gasteiger partial charge in [-0.3, -0.25) is 9.59 Å². The Morgan fingerprint density at radius 2 is 2.05 bits per heavy atom. The molecule has 1 aromatic heterocycles. The quantitative estimate of drug-likeness (QED) is 0.846. The number of hydrogen-bond acceptors (Lipinski definition) is 2. The van der Waals surface area contributed by atoms with Crippen molar-refractivity contribution in [3.8, 4) is 0 Å². The average Bonchev–Trinajstić information content (AvgIpc) is 2.53. The zero-order valence-electron chi connectivity index (χ0n) is 12.6. The van der Waals surface area contributed by atoms with Crippen LogP contribution in [0.5, 0.6) is 0 Å². The van der Waals surface area contributed by atoms with Crippen LogP contribution in [0.2, 0.25) is 0 Å². The molecule has 0 fully saturated rings. The van der Waals surface area contributed by atoms with Crippen LogP contribution in [0.3, 0.4) is 0 Å². The van der Waals surface area contributed by atoms with Gasteiger partial charge >= 0.3 is 0 Å². The molecule has 0 aliphatic carbocycles. The van der Waals surface area contributed by atoms with Crippen molar-refractivity contribution in [1.82, 2.24) is 4.98 Å². The van der Waals surface area contributed by atoms with Crippen molar-refractivity contribution in [2.45, 2.75) is 13.8 Å². The first-order valence-electron chi connectivity index (χ1n) is 7.01. The Morgan fingerprint density at radius 3 is 2.77 bits per heavy atom. The number of aromatic amines is 1. The topological polar surface area (TPSA) is 62.0 Å². The monoisotopic (exact) mass is 294 g/mol. The molecule has 2 N–H and O–H groups in total. The Kier molecular flexibility index (Phi) is 5.09. The van der Waals surface area contributed by atoms with Crippen LogP contribution in [-0.2, 0) is 0 Å². The number of amides is 1. The average molecular weight is 294 g/mol. The van der Waals surface area contributed by atoms with E-state index in [4.69, 9.17) is 0 Å². The maximum atomic E-state index is 12.1. The number of pyridine rings is 1. The summed E-state index contributed by atoms with van der Waals surface area (Å²) < 4.78 is 0. The molecule has 1 aromatic carbocycles. The second kappa shape index (κ2) is 7.22. The van der Waals surface area contributed by atoms with E-state index in [1.165, 1.54) is 12.3 Å². The molecular weight excluding hydrogens is 276 g/mol. The molecule has 1 amide bonds. The van der Waals surface area contributed by atoms with Crippen molar-refractivity contribution in [2.24, 2.45) is 0 Å². The Labute approximate surface area is 129 Å². The Morgan fingerprint density at radius 1 is 1.23 bits per heavy atom. The zero-order chi connectivity index (χ0) is 15.9. The summed E-state index contributed by atoms with van der Waals surface area (Å²) >= 11 is 0. The van der Waals surface area contributed by atoms with E-state index in [0.717, 1.165) is 11.1 Å². The molecular formula is C18H18N2O2. The minimum atomic E-state index is -0.422. The first kappa shape index (κ1) is 15.5. The van der Waals surface area contributed by atoms with E-state index >= 15 is 0 Å². The third-order valence-corrected chi connectivity index (χ3v) is 3.18. The second-order valence-electron chi connectivity index (χ2n) is 4.82. The summed E-state index contributed by atoms with van der Waals surface area (Å²) in [5.74, 6) is -0.422. The Balaban J connectivity index is 2.22. The molecule has 0 saturated carbocycles. The molecule has 0 saturated heterocycles. The molecule has 0 bridgehead atoms. The molecule has 0 atom stereocenters. The molecule has 0 aliphatic heterocycles. The van der Waals surface area contributed by atoms with Crippen LogP contribution in [0.25, 0.3) is 5.57 Å². The highest BCUT2D eigenvalue weighted by molar-refractivity contribution is 6.04. The summed E-state index contributed by atoms with van der Waals surface area (Å²) in [4.78, 5) is 26.2. The van der Waals surface area contributed by atoms with Crippen molar-refractivity contribution in [2.75, 3.05) is 5.32 Å². The van der Waals surface area contributed by atoms with Gasteiger partial charge in [0.2, 0.25) is 0 Å². The molecule has 4 nitrogen and oxygen atoms in total. The number of anilines is 1. The van der Waals surface area contributed by atoms with E-state index < -0.39 is 11.5 Å². The van der Waals surface area contributed by atoms with E-state index in [1.54, 1.807) is 12.1 Å². The lowest BCUT2D eigenvalue weighted by molar-refractivity contribution is 0.102. The van der Waals surface area contributed by atoms with Gasteiger partial charge < -0.3 is 10.3 Å². The molecule has 0 aliphatic rings. The fourth-order valence-electron chi connectivity index (χ4n) is 1.98. The number of carbonyl (C=O) groups excluding carboxylic acids is 1. The van der Waals surface area contributed by atoms with Gasteiger partial charge in [0.05, 0.1) is 0 Å². The van der Waals surface area contributed by atoms with Crippen LogP contribution in [0.4, 0.5) is 5.69 Å². The van der Waals surface area contributed by atoms with Gasteiger partial charge in [0.15, 0.2) is 0 Å². The Bertz CT molecular complexity index is 785. The fraction of sp³-hybridized carbons (Fsp3) is 0.111. The highest BCUT2D eigenvalue weighted by Gasteiger charge is 2.10. The smallest absolute Gasteiger partial charge is 0.261 e. The van der Waals surface area contributed by atoms with Gasteiger partial charge in [-0.05, 0) is 49.2 Å². The molecule has 0 unspecified atom stereocenters. The van der Waals surface area contributed by atoms with Crippen LogP contribution in [-0.4, -0.2) is 10.9 Å². The minimum absolute atomic E-state index is 0.0917. The number of hydrogen-bond donors (Lipinski definition) is 2. The van der Waals surface area contributed by atoms with E-state index in [9.17, 15) is 9.59 Å². The lowest BCUT2D eigenvalue weighted by Gasteiger charge is -2.07. The standard InChI is InChI=1S/C18H18N2O2/c1-3-4-7-13(2)14-8-5-9-15(12-14)20-18(22)16-10-6-11-19-17(16)21/h3-12H,1-2H3,(H,19,21)(H,20,22)/b4-3-,13-7+. The normalized spacial score (nSPS) is 11.6. The predicted octanol–water partition coefficient (Wildman–Crippen LogP) is 3.61. The van der Waals surface area contributed by atoms with Gasteiger partial charge in [-0.1, -0.05) is 30.4 Å². The van der Waals surface area contributed by atoms with Gasteiger partial charge in [-0.15, -0.1) is 0 Å². The summed E-state index contributed by atoms with van der Waals surface area (Å²) in [6, 6.07) is 10.6.